The van der Waals surface area contributed by atoms with E-state index < -0.39 is 23.4 Å². The summed E-state index contributed by atoms with van der Waals surface area (Å²) in [5.41, 5.74) is 1.47. The standard InChI is InChI=1S/C29H33F2NO4/c1-19-23(30)15-16-24(31)25(19)26-22(29(35)36-3)18-32(2)27(26)28(34)21-13-11-20(12-14-21)10-8-6-4-5-7-9-17-33/h11-16,18,33H,4-10,17H2,1-3H3. The van der Waals surface area contributed by atoms with Crippen LogP contribution in [0, 0.1) is 18.6 Å². The Morgan fingerprint density at radius 2 is 1.50 bits per heavy atom. The number of carbonyl (C=O) groups excluding carboxylic acids is 2. The molecule has 36 heavy (non-hydrogen) atoms. The van der Waals surface area contributed by atoms with Gasteiger partial charge in [0.25, 0.3) is 0 Å². The quantitative estimate of drug-likeness (QED) is 0.185. The Balaban J connectivity index is 1.88. The summed E-state index contributed by atoms with van der Waals surface area (Å²) in [6, 6.07) is 9.25. The maximum atomic E-state index is 15.0. The molecule has 1 heterocycles. The second kappa shape index (κ2) is 12.6. The molecule has 0 saturated carbocycles. The largest absolute Gasteiger partial charge is 0.465 e. The highest BCUT2D eigenvalue weighted by Gasteiger charge is 2.29. The minimum atomic E-state index is -0.741. The first-order chi connectivity index (χ1) is 17.3. The number of nitrogens with zero attached hydrogens (tertiary/aromatic N) is 1. The van der Waals surface area contributed by atoms with E-state index in [1.165, 1.54) is 24.8 Å². The topological polar surface area (TPSA) is 68.5 Å². The molecule has 0 spiro atoms. The monoisotopic (exact) mass is 497 g/mol. The Kier molecular flexibility index (Phi) is 9.53. The molecule has 7 heteroatoms. The van der Waals surface area contributed by atoms with Gasteiger partial charge in [0.15, 0.2) is 0 Å². The van der Waals surface area contributed by atoms with Crippen molar-refractivity contribution in [3.8, 4) is 11.1 Å². The molecule has 1 aromatic heterocycles. The Bertz CT molecular complexity index is 1220. The lowest BCUT2D eigenvalue weighted by atomic mass is 9.93. The molecule has 0 unspecified atom stereocenters. The van der Waals surface area contributed by atoms with Crippen molar-refractivity contribution in [1.29, 1.82) is 0 Å². The van der Waals surface area contributed by atoms with Crippen LogP contribution in [0.3, 0.4) is 0 Å². The predicted molar refractivity (Wildman–Crippen MR) is 135 cm³/mol. The second-order valence-electron chi connectivity index (χ2n) is 9.02. The first kappa shape index (κ1) is 27.3. The molecule has 3 aromatic rings. The van der Waals surface area contributed by atoms with Crippen molar-refractivity contribution in [1.82, 2.24) is 4.57 Å². The number of aromatic nitrogens is 1. The zero-order chi connectivity index (χ0) is 26.2. The van der Waals surface area contributed by atoms with Crippen molar-refractivity contribution in [2.45, 2.75) is 51.9 Å². The molecule has 5 nitrogen and oxygen atoms in total. The van der Waals surface area contributed by atoms with Gasteiger partial charge in [0.05, 0.1) is 18.4 Å². The molecule has 0 saturated heterocycles. The van der Waals surface area contributed by atoms with E-state index in [9.17, 15) is 18.4 Å². The van der Waals surface area contributed by atoms with Gasteiger partial charge in [0.1, 0.15) is 11.6 Å². The summed E-state index contributed by atoms with van der Waals surface area (Å²) in [4.78, 5) is 26.1. The van der Waals surface area contributed by atoms with Crippen molar-refractivity contribution in [3.63, 3.8) is 0 Å². The lowest BCUT2D eigenvalue weighted by molar-refractivity contribution is 0.0601. The summed E-state index contributed by atoms with van der Waals surface area (Å²) in [6.45, 7) is 1.66. The SMILES string of the molecule is COC(=O)c1cn(C)c(C(=O)c2ccc(CCCCCCCCO)cc2)c1-c1c(F)ccc(F)c1C. The average Bonchev–Trinajstić information content (AvgIpc) is 3.22. The summed E-state index contributed by atoms with van der Waals surface area (Å²) in [6.07, 6.45) is 8.59. The Morgan fingerprint density at radius 3 is 2.14 bits per heavy atom. The summed E-state index contributed by atoms with van der Waals surface area (Å²) < 4.78 is 35.7. The number of methoxy groups -OCH3 is 1. The minimum Gasteiger partial charge on any atom is -0.465 e. The third-order valence-corrected chi connectivity index (χ3v) is 6.49. The molecule has 0 aliphatic rings. The number of aliphatic hydroxyl groups is 1. The normalized spacial score (nSPS) is 11.1. The minimum absolute atomic E-state index is 0.00658. The zero-order valence-electron chi connectivity index (χ0n) is 21.1. The number of ketones is 1. The number of rotatable bonds is 12. The fourth-order valence-electron chi connectivity index (χ4n) is 4.49. The molecule has 0 bridgehead atoms. The van der Waals surface area contributed by atoms with E-state index in [-0.39, 0.29) is 34.6 Å². The first-order valence-electron chi connectivity index (χ1n) is 12.3. The van der Waals surface area contributed by atoms with E-state index in [0.717, 1.165) is 62.6 Å². The van der Waals surface area contributed by atoms with Gasteiger partial charge in [-0.05, 0) is 49.4 Å². The Morgan fingerprint density at radius 1 is 0.889 bits per heavy atom. The van der Waals surface area contributed by atoms with E-state index in [1.807, 2.05) is 12.1 Å². The van der Waals surface area contributed by atoms with E-state index in [4.69, 9.17) is 9.84 Å². The molecule has 192 valence electrons. The molecule has 0 radical (unpaired) electrons. The second-order valence-corrected chi connectivity index (χ2v) is 9.02. The van der Waals surface area contributed by atoms with Gasteiger partial charge in [-0.15, -0.1) is 0 Å². The van der Waals surface area contributed by atoms with Crippen LogP contribution in [-0.2, 0) is 18.2 Å². The van der Waals surface area contributed by atoms with Crippen molar-refractivity contribution >= 4 is 11.8 Å². The molecule has 0 fully saturated rings. The van der Waals surface area contributed by atoms with Gasteiger partial charge >= 0.3 is 5.97 Å². The lowest BCUT2D eigenvalue weighted by Gasteiger charge is -2.13. The van der Waals surface area contributed by atoms with E-state index in [2.05, 4.69) is 0 Å². The van der Waals surface area contributed by atoms with Crippen LogP contribution in [0.1, 0.15) is 76.1 Å². The number of benzene rings is 2. The van der Waals surface area contributed by atoms with Gasteiger partial charge in [-0.2, -0.15) is 0 Å². The van der Waals surface area contributed by atoms with Gasteiger partial charge < -0.3 is 14.4 Å². The number of esters is 1. The van der Waals surface area contributed by atoms with E-state index in [1.54, 1.807) is 19.2 Å². The van der Waals surface area contributed by atoms with Crippen LogP contribution in [0.2, 0.25) is 0 Å². The summed E-state index contributed by atoms with van der Waals surface area (Å²) in [5, 5.41) is 8.83. The first-order valence-corrected chi connectivity index (χ1v) is 12.3. The molecule has 2 aromatic carbocycles. The molecule has 0 atom stereocenters. The van der Waals surface area contributed by atoms with Crippen molar-refractivity contribution < 1.29 is 28.2 Å². The molecular weight excluding hydrogens is 464 g/mol. The van der Waals surface area contributed by atoms with Gasteiger partial charge in [-0.3, -0.25) is 4.79 Å². The maximum Gasteiger partial charge on any atom is 0.340 e. The number of unbranched alkanes of at least 4 members (excludes halogenated alkanes) is 5. The van der Waals surface area contributed by atoms with Gasteiger partial charge in [-0.25, -0.2) is 13.6 Å². The smallest absolute Gasteiger partial charge is 0.340 e. The van der Waals surface area contributed by atoms with Gasteiger partial charge in [-0.1, -0.05) is 49.9 Å². The Labute approximate surface area is 210 Å². The lowest BCUT2D eigenvalue weighted by Crippen LogP contribution is -2.10. The molecular formula is C29H33F2NO4. The molecule has 0 aliphatic carbocycles. The van der Waals surface area contributed by atoms with Crippen LogP contribution in [-0.4, -0.2) is 35.1 Å². The highest BCUT2D eigenvalue weighted by molar-refractivity contribution is 6.15. The zero-order valence-corrected chi connectivity index (χ0v) is 21.1. The highest BCUT2D eigenvalue weighted by Crippen LogP contribution is 2.36. The number of hydrogen-bond acceptors (Lipinski definition) is 4. The van der Waals surface area contributed by atoms with Crippen molar-refractivity contribution in [2.24, 2.45) is 7.05 Å². The van der Waals surface area contributed by atoms with Crippen LogP contribution >= 0.6 is 0 Å². The van der Waals surface area contributed by atoms with Crippen LogP contribution in [0.25, 0.3) is 11.1 Å². The number of aliphatic hydroxyl groups excluding tert-OH is 1. The summed E-state index contributed by atoms with van der Waals surface area (Å²) in [7, 11) is 2.79. The third kappa shape index (κ3) is 6.08. The van der Waals surface area contributed by atoms with Gasteiger partial charge in [0.2, 0.25) is 5.78 Å². The predicted octanol–water partition coefficient (Wildman–Crippen LogP) is 6.17. The molecule has 0 amide bonds. The number of hydrogen-bond donors (Lipinski definition) is 1. The van der Waals surface area contributed by atoms with Crippen LogP contribution in [0.15, 0.2) is 42.6 Å². The Hall–Kier alpha value is -3.32. The highest BCUT2D eigenvalue weighted by atomic mass is 19.1. The fourth-order valence-corrected chi connectivity index (χ4v) is 4.49. The number of halogens is 2. The average molecular weight is 498 g/mol. The van der Waals surface area contributed by atoms with Crippen molar-refractivity contribution in [3.05, 3.63) is 82.2 Å². The molecule has 3 rings (SSSR count). The van der Waals surface area contributed by atoms with Gasteiger partial charge in [0, 0.05) is 36.5 Å². The molecule has 1 N–H and O–H groups in total. The van der Waals surface area contributed by atoms with Crippen LogP contribution < -0.4 is 0 Å². The number of carbonyl (C=O) groups is 2. The van der Waals surface area contributed by atoms with E-state index in [0.29, 0.717) is 5.56 Å². The van der Waals surface area contributed by atoms with Crippen molar-refractivity contribution in [2.75, 3.05) is 13.7 Å². The summed E-state index contributed by atoms with van der Waals surface area (Å²) in [5.74, 6) is -2.51. The maximum absolute atomic E-state index is 15.0. The fraction of sp³-hybridized carbons (Fsp3) is 0.379. The third-order valence-electron chi connectivity index (χ3n) is 6.49. The number of aryl methyl sites for hydroxylation is 2. The molecule has 0 aliphatic heterocycles. The van der Waals surface area contributed by atoms with E-state index >= 15 is 0 Å². The number of ether oxygens (including phenoxy) is 1. The summed E-state index contributed by atoms with van der Waals surface area (Å²) >= 11 is 0. The van der Waals surface area contributed by atoms with Crippen LogP contribution in [0.4, 0.5) is 8.78 Å². The van der Waals surface area contributed by atoms with Crippen LogP contribution in [0.5, 0.6) is 0 Å².